The summed E-state index contributed by atoms with van der Waals surface area (Å²) in [7, 11) is -10.7. The maximum atomic E-state index is 11.2. The minimum atomic E-state index is -5.36. The number of phosphoric ester groups is 1. The number of rotatable bonds is 5. The largest absolute Gasteiger partial charge is 0.483 e. The van der Waals surface area contributed by atoms with E-state index < -0.39 is 53.0 Å². The lowest BCUT2D eigenvalue weighted by Crippen LogP contribution is -2.58. The lowest BCUT2D eigenvalue weighted by atomic mass is 10.00. The zero-order chi connectivity index (χ0) is 15.7. The molecular weight excluding hydrogens is 326 g/mol. The molecule has 20 heavy (non-hydrogen) atoms. The van der Waals surface area contributed by atoms with Crippen molar-refractivity contribution in [2.24, 2.45) is 0 Å². The number of hydrogen-bond donors (Lipinski definition) is 7. The molecule has 1 fully saturated rings. The molecule has 1 saturated heterocycles. The molecule has 1 aliphatic rings. The van der Waals surface area contributed by atoms with Crippen LogP contribution in [0.2, 0.25) is 0 Å². The number of aliphatic hydroxyl groups is 4. The van der Waals surface area contributed by atoms with E-state index in [9.17, 15) is 24.4 Å². The van der Waals surface area contributed by atoms with Gasteiger partial charge in [0.2, 0.25) is 0 Å². The van der Waals surface area contributed by atoms with Crippen molar-refractivity contribution in [2.45, 2.75) is 30.7 Å². The van der Waals surface area contributed by atoms with Gasteiger partial charge < -0.3 is 39.8 Å². The van der Waals surface area contributed by atoms with Gasteiger partial charge >= 0.3 is 15.6 Å². The zero-order valence-corrected chi connectivity index (χ0v) is 11.4. The average molecular weight is 340 g/mol. The van der Waals surface area contributed by atoms with Crippen LogP contribution in [0.15, 0.2) is 0 Å². The van der Waals surface area contributed by atoms with E-state index in [-0.39, 0.29) is 0 Å². The first-order chi connectivity index (χ1) is 8.97. The summed E-state index contributed by atoms with van der Waals surface area (Å²) in [4.78, 5) is 25.8. The SMILES string of the molecule is O=P(O)(O)OP(=O)(O)OC1O[C@H](CO)[C@H](O)[C@H](O)[C@H]1O. The molecule has 12 nitrogen and oxygen atoms in total. The highest BCUT2D eigenvalue weighted by Crippen LogP contribution is 2.58. The first-order valence-electron chi connectivity index (χ1n) is 5.05. The van der Waals surface area contributed by atoms with Crippen LogP contribution in [0.4, 0.5) is 0 Å². The van der Waals surface area contributed by atoms with Gasteiger partial charge in [0.05, 0.1) is 6.61 Å². The molecule has 0 aromatic carbocycles. The molecule has 0 bridgehead atoms. The molecular formula is C6H14O12P2. The molecule has 0 aromatic rings. The monoisotopic (exact) mass is 340 g/mol. The molecule has 6 atom stereocenters. The fraction of sp³-hybridized carbons (Fsp3) is 1.00. The smallest absolute Gasteiger partial charge is 0.394 e. The summed E-state index contributed by atoms with van der Waals surface area (Å²) >= 11 is 0. The minimum absolute atomic E-state index is 0.820. The van der Waals surface area contributed by atoms with Crippen molar-refractivity contribution in [3.05, 3.63) is 0 Å². The van der Waals surface area contributed by atoms with Crippen molar-refractivity contribution in [1.82, 2.24) is 0 Å². The molecule has 120 valence electrons. The highest BCUT2D eigenvalue weighted by molar-refractivity contribution is 7.60. The fourth-order valence-electron chi connectivity index (χ4n) is 1.44. The summed E-state index contributed by atoms with van der Waals surface area (Å²) in [6.07, 6.45) is -9.12. The van der Waals surface area contributed by atoms with E-state index in [4.69, 9.17) is 19.8 Å². The molecule has 1 heterocycles. The van der Waals surface area contributed by atoms with Crippen molar-refractivity contribution in [3.63, 3.8) is 0 Å². The Hall–Kier alpha value is 0.0600. The third-order valence-corrected chi connectivity index (χ3v) is 4.45. The standard InChI is InChI=1S/C6H14O12P2/c7-1-2-3(8)4(9)5(10)6(16-2)17-20(14,15)18-19(11,12)13/h2-10H,1H2,(H,14,15)(H2,11,12,13)/t2-,3+,4+,5-,6?/m1/s1. The van der Waals surface area contributed by atoms with Crippen LogP contribution in [-0.2, 0) is 22.7 Å². The average Bonchev–Trinajstić information content (AvgIpc) is 2.26. The van der Waals surface area contributed by atoms with Crippen molar-refractivity contribution in [3.8, 4) is 0 Å². The molecule has 0 aromatic heterocycles. The van der Waals surface area contributed by atoms with E-state index in [1.165, 1.54) is 0 Å². The number of aliphatic hydroxyl groups excluding tert-OH is 4. The Morgan fingerprint density at radius 3 is 2.00 bits per heavy atom. The first kappa shape index (κ1) is 18.1. The van der Waals surface area contributed by atoms with Crippen LogP contribution in [0.1, 0.15) is 0 Å². The Morgan fingerprint density at radius 1 is 1.00 bits per heavy atom. The highest BCUT2D eigenvalue weighted by Gasteiger charge is 2.47. The molecule has 2 unspecified atom stereocenters. The lowest BCUT2D eigenvalue weighted by Gasteiger charge is -2.39. The van der Waals surface area contributed by atoms with Gasteiger partial charge in [-0.05, 0) is 0 Å². The summed E-state index contributed by atoms with van der Waals surface area (Å²) in [6, 6.07) is 0. The van der Waals surface area contributed by atoms with E-state index in [2.05, 4.69) is 13.6 Å². The molecule has 1 aliphatic heterocycles. The van der Waals surface area contributed by atoms with Crippen molar-refractivity contribution in [2.75, 3.05) is 6.61 Å². The second-order valence-corrected chi connectivity index (χ2v) is 6.63. The maximum absolute atomic E-state index is 11.2. The van der Waals surface area contributed by atoms with Gasteiger partial charge in [-0.3, -0.25) is 4.52 Å². The number of ether oxygens (including phenoxy) is 1. The molecule has 0 radical (unpaired) electrons. The summed E-state index contributed by atoms with van der Waals surface area (Å²) in [5, 5.41) is 37.1. The highest BCUT2D eigenvalue weighted by atomic mass is 31.3. The van der Waals surface area contributed by atoms with Crippen molar-refractivity contribution in [1.29, 1.82) is 0 Å². The summed E-state index contributed by atoms with van der Waals surface area (Å²) in [5.41, 5.74) is 0. The van der Waals surface area contributed by atoms with Gasteiger partial charge in [-0.25, -0.2) is 9.13 Å². The summed E-state index contributed by atoms with van der Waals surface area (Å²) in [6.45, 7) is -0.820. The Morgan fingerprint density at radius 2 is 1.55 bits per heavy atom. The van der Waals surface area contributed by atoms with Crippen molar-refractivity contribution < 1.29 is 57.8 Å². The van der Waals surface area contributed by atoms with Gasteiger partial charge in [-0.15, -0.1) is 0 Å². The molecule has 0 saturated carbocycles. The topological polar surface area (TPSA) is 203 Å². The normalized spacial score (nSPS) is 38.5. The molecule has 1 rings (SSSR count). The predicted octanol–water partition coefficient (Wildman–Crippen LogP) is -2.99. The van der Waals surface area contributed by atoms with Gasteiger partial charge in [0, 0.05) is 0 Å². The van der Waals surface area contributed by atoms with E-state index >= 15 is 0 Å². The van der Waals surface area contributed by atoms with E-state index in [0.29, 0.717) is 0 Å². The quantitative estimate of drug-likeness (QED) is 0.250. The number of phosphoric acid groups is 2. The molecule has 14 heteroatoms. The van der Waals surface area contributed by atoms with E-state index in [0.717, 1.165) is 0 Å². The summed E-state index contributed by atoms with van der Waals surface area (Å²) < 4.78 is 34.0. The Kier molecular flexibility index (Phi) is 5.83. The van der Waals surface area contributed by atoms with Crippen LogP contribution in [0, 0.1) is 0 Å². The van der Waals surface area contributed by atoms with Crippen LogP contribution in [0.3, 0.4) is 0 Å². The molecule has 0 aliphatic carbocycles. The van der Waals surface area contributed by atoms with E-state index in [1.54, 1.807) is 0 Å². The Bertz CT molecular complexity index is 418. The fourth-order valence-corrected chi connectivity index (χ4v) is 3.11. The molecule has 0 amide bonds. The zero-order valence-electron chi connectivity index (χ0n) is 9.66. The minimum Gasteiger partial charge on any atom is -0.394 e. The first-order valence-corrected chi connectivity index (χ1v) is 8.08. The predicted molar refractivity (Wildman–Crippen MR) is 57.8 cm³/mol. The van der Waals surface area contributed by atoms with Crippen LogP contribution >= 0.6 is 15.6 Å². The van der Waals surface area contributed by atoms with Crippen LogP contribution in [0.25, 0.3) is 0 Å². The Balaban J connectivity index is 2.80. The maximum Gasteiger partial charge on any atom is 0.483 e. The molecule has 0 spiro atoms. The lowest BCUT2D eigenvalue weighted by molar-refractivity contribution is -0.280. The van der Waals surface area contributed by atoms with Gasteiger partial charge in [0.1, 0.15) is 24.4 Å². The summed E-state index contributed by atoms with van der Waals surface area (Å²) in [5.74, 6) is 0. The van der Waals surface area contributed by atoms with E-state index in [1.807, 2.05) is 0 Å². The van der Waals surface area contributed by atoms with Crippen LogP contribution in [0.5, 0.6) is 0 Å². The third kappa shape index (κ3) is 4.81. The van der Waals surface area contributed by atoms with Gasteiger partial charge in [0.25, 0.3) is 0 Å². The van der Waals surface area contributed by atoms with Crippen LogP contribution < -0.4 is 0 Å². The molecule has 7 N–H and O–H groups in total. The second kappa shape index (κ2) is 6.44. The second-order valence-electron chi connectivity index (χ2n) is 3.84. The van der Waals surface area contributed by atoms with Gasteiger partial charge in [0.15, 0.2) is 6.29 Å². The van der Waals surface area contributed by atoms with Gasteiger partial charge in [-0.2, -0.15) is 4.31 Å². The van der Waals surface area contributed by atoms with Gasteiger partial charge in [-0.1, -0.05) is 0 Å². The van der Waals surface area contributed by atoms with Crippen molar-refractivity contribution >= 4 is 15.6 Å². The van der Waals surface area contributed by atoms with Crippen LogP contribution in [-0.4, -0.2) is 72.4 Å². The Labute approximate surface area is 112 Å². The third-order valence-electron chi connectivity index (χ3n) is 2.30. The number of hydrogen-bond acceptors (Lipinski definition) is 9.